The van der Waals surface area contributed by atoms with Crippen LogP contribution < -0.4 is 11.1 Å². The Hall–Kier alpha value is -2.67. The minimum atomic E-state index is 0.0490. The first-order valence-corrected chi connectivity index (χ1v) is 12.3. The first-order valence-electron chi connectivity index (χ1n) is 11.5. The van der Waals surface area contributed by atoms with Gasteiger partial charge in [0.15, 0.2) is 0 Å². The topological polar surface area (TPSA) is 74.2 Å². The number of piperazine rings is 1. The Kier molecular flexibility index (Phi) is 7.81. The van der Waals surface area contributed by atoms with Gasteiger partial charge in [-0.05, 0) is 48.6 Å². The number of benzene rings is 2. The summed E-state index contributed by atoms with van der Waals surface area (Å²) in [6.45, 7) is 4.61. The van der Waals surface area contributed by atoms with E-state index in [4.69, 9.17) is 5.73 Å². The van der Waals surface area contributed by atoms with Gasteiger partial charge in [0.05, 0.1) is 0 Å². The summed E-state index contributed by atoms with van der Waals surface area (Å²) >= 11 is 3.58. The summed E-state index contributed by atoms with van der Waals surface area (Å²) in [5.41, 5.74) is 12.0. The van der Waals surface area contributed by atoms with Crippen LogP contribution in [0.2, 0.25) is 0 Å². The molecule has 172 valence electrons. The molecule has 1 amide bonds. The Bertz CT molecular complexity index is 1120. The molecular formula is C27H31BrN4O. The van der Waals surface area contributed by atoms with Crippen molar-refractivity contribution >= 4 is 21.8 Å². The van der Waals surface area contributed by atoms with Crippen LogP contribution in [0.25, 0.3) is 11.1 Å². The van der Waals surface area contributed by atoms with Crippen molar-refractivity contribution in [2.24, 2.45) is 5.73 Å². The Balaban J connectivity index is 1.74. The molecule has 5 nitrogen and oxygen atoms in total. The maximum Gasteiger partial charge on any atom is 0.270 e. The van der Waals surface area contributed by atoms with Gasteiger partial charge in [0.1, 0.15) is 5.69 Å². The molecule has 1 fully saturated rings. The largest absolute Gasteiger partial charge is 0.353 e. The van der Waals surface area contributed by atoms with E-state index in [1.54, 1.807) is 0 Å². The quantitative estimate of drug-likeness (QED) is 0.407. The molecule has 33 heavy (non-hydrogen) atoms. The Morgan fingerprint density at radius 3 is 2.76 bits per heavy atom. The lowest BCUT2D eigenvalue weighted by Gasteiger charge is -2.36. The molecule has 0 aliphatic carbocycles. The number of nitrogens with one attached hydrogen (secondary N) is 2. The number of rotatable bonds is 7. The molecule has 1 saturated heterocycles. The molecule has 4 rings (SSSR count). The molecule has 0 bridgehead atoms. The summed E-state index contributed by atoms with van der Waals surface area (Å²) in [6.07, 6.45) is 5.62. The molecule has 1 aromatic heterocycles. The Labute approximate surface area is 204 Å². The van der Waals surface area contributed by atoms with Gasteiger partial charge in [-0.2, -0.15) is 0 Å². The summed E-state index contributed by atoms with van der Waals surface area (Å²) < 4.78 is 0.999. The van der Waals surface area contributed by atoms with Gasteiger partial charge in [0.25, 0.3) is 5.91 Å². The molecule has 1 atom stereocenters. The zero-order valence-electron chi connectivity index (χ0n) is 19.0. The van der Waals surface area contributed by atoms with Crippen molar-refractivity contribution in [2.45, 2.75) is 32.4 Å². The van der Waals surface area contributed by atoms with Gasteiger partial charge >= 0.3 is 0 Å². The molecule has 0 spiro atoms. The van der Waals surface area contributed by atoms with Crippen molar-refractivity contribution < 1.29 is 4.79 Å². The first kappa shape index (κ1) is 23.5. The van der Waals surface area contributed by atoms with Crippen molar-refractivity contribution in [1.29, 1.82) is 0 Å². The van der Waals surface area contributed by atoms with E-state index >= 15 is 0 Å². The number of aromatic nitrogens is 1. The molecule has 1 aliphatic rings. The van der Waals surface area contributed by atoms with E-state index in [0.717, 1.165) is 46.4 Å². The van der Waals surface area contributed by atoms with Gasteiger partial charge in [-0.1, -0.05) is 70.5 Å². The SMILES string of the molecule is C/C=C\Cc1c(C(=O)N2CCNC[C@H]2Cc2ccccc2)[nH]c(CN)c1-c1cccc(Br)c1. The van der Waals surface area contributed by atoms with E-state index in [-0.39, 0.29) is 11.9 Å². The molecule has 0 saturated carbocycles. The average molecular weight is 507 g/mol. The minimum Gasteiger partial charge on any atom is -0.353 e. The second kappa shape index (κ2) is 11.0. The van der Waals surface area contributed by atoms with Crippen LogP contribution in [0.5, 0.6) is 0 Å². The third-order valence-corrected chi connectivity index (χ3v) is 6.69. The van der Waals surface area contributed by atoms with Gasteiger partial charge < -0.3 is 20.9 Å². The number of nitrogens with zero attached hydrogens (tertiary/aromatic N) is 1. The second-order valence-corrected chi connectivity index (χ2v) is 9.28. The summed E-state index contributed by atoms with van der Waals surface area (Å²) in [5, 5.41) is 3.46. The van der Waals surface area contributed by atoms with E-state index in [2.05, 4.69) is 68.7 Å². The number of amides is 1. The average Bonchev–Trinajstić information content (AvgIpc) is 3.22. The third-order valence-electron chi connectivity index (χ3n) is 6.20. The van der Waals surface area contributed by atoms with Gasteiger partial charge in [0, 0.05) is 48.0 Å². The van der Waals surface area contributed by atoms with Crippen LogP contribution >= 0.6 is 15.9 Å². The fraction of sp³-hybridized carbons (Fsp3) is 0.296. The number of halogens is 1. The molecular weight excluding hydrogens is 476 g/mol. The van der Waals surface area contributed by atoms with E-state index in [1.165, 1.54) is 5.56 Å². The van der Waals surface area contributed by atoms with Gasteiger partial charge in [-0.25, -0.2) is 0 Å². The molecule has 6 heteroatoms. The summed E-state index contributed by atoms with van der Waals surface area (Å²) in [4.78, 5) is 19.4. The highest BCUT2D eigenvalue weighted by atomic mass is 79.9. The normalized spacial score (nSPS) is 16.5. The van der Waals surface area contributed by atoms with Crippen LogP contribution in [0, 0.1) is 0 Å². The monoisotopic (exact) mass is 506 g/mol. The molecule has 0 radical (unpaired) electrons. The van der Waals surface area contributed by atoms with Crippen molar-refractivity contribution in [1.82, 2.24) is 15.2 Å². The van der Waals surface area contributed by atoms with Crippen molar-refractivity contribution in [3.8, 4) is 11.1 Å². The Morgan fingerprint density at radius 1 is 1.21 bits per heavy atom. The van der Waals surface area contributed by atoms with E-state index in [1.807, 2.05) is 36.1 Å². The molecule has 0 unspecified atom stereocenters. The minimum absolute atomic E-state index is 0.0490. The number of aromatic amines is 1. The van der Waals surface area contributed by atoms with Crippen molar-refractivity contribution in [3.63, 3.8) is 0 Å². The van der Waals surface area contributed by atoms with E-state index in [9.17, 15) is 4.79 Å². The van der Waals surface area contributed by atoms with Crippen LogP contribution in [-0.2, 0) is 19.4 Å². The van der Waals surface area contributed by atoms with Gasteiger partial charge in [0.2, 0.25) is 0 Å². The standard InChI is InChI=1S/C27H31BrN4O/c1-2-3-12-23-25(20-10-7-11-21(28)16-20)24(17-29)31-26(23)27(33)32-14-13-30-18-22(32)15-19-8-5-4-6-9-19/h2-11,16,22,30-31H,12-15,17-18,29H2,1H3/b3-2-/t22-/m1/s1. The van der Waals surface area contributed by atoms with Crippen LogP contribution in [0.4, 0.5) is 0 Å². The number of hydrogen-bond donors (Lipinski definition) is 3. The van der Waals surface area contributed by atoms with Crippen LogP contribution in [0.15, 0.2) is 71.2 Å². The summed E-state index contributed by atoms with van der Waals surface area (Å²) in [6, 6.07) is 18.7. The molecule has 3 aromatic rings. The lowest BCUT2D eigenvalue weighted by molar-refractivity contribution is 0.0629. The zero-order chi connectivity index (χ0) is 23.2. The molecule has 2 heterocycles. The van der Waals surface area contributed by atoms with Crippen molar-refractivity contribution in [2.75, 3.05) is 19.6 Å². The van der Waals surface area contributed by atoms with Crippen LogP contribution in [0.1, 0.15) is 34.2 Å². The third kappa shape index (κ3) is 5.29. The number of carbonyl (C=O) groups is 1. The lowest BCUT2D eigenvalue weighted by Crippen LogP contribution is -2.54. The number of carbonyl (C=O) groups excluding carboxylic acids is 1. The fourth-order valence-corrected chi connectivity index (χ4v) is 5.00. The van der Waals surface area contributed by atoms with Gasteiger partial charge in [-0.15, -0.1) is 0 Å². The maximum absolute atomic E-state index is 14.0. The zero-order valence-corrected chi connectivity index (χ0v) is 20.6. The fourth-order valence-electron chi connectivity index (χ4n) is 4.60. The predicted octanol–water partition coefficient (Wildman–Crippen LogP) is 4.68. The summed E-state index contributed by atoms with van der Waals surface area (Å²) in [5.74, 6) is 0.0490. The Morgan fingerprint density at radius 2 is 2.03 bits per heavy atom. The first-order chi connectivity index (χ1) is 16.1. The van der Waals surface area contributed by atoms with E-state index < -0.39 is 0 Å². The lowest BCUT2D eigenvalue weighted by atomic mass is 9.96. The highest BCUT2D eigenvalue weighted by molar-refractivity contribution is 9.10. The highest BCUT2D eigenvalue weighted by Crippen LogP contribution is 2.33. The smallest absolute Gasteiger partial charge is 0.270 e. The number of allylic oxidation sites excluding steroid dienone is 2. The van der Waals surface area contributed by atoms with E-state index in [0.29, 0.717) is 25.2 Å². The van der Waals surface area contributed by atoms with Crippen LogP contribution in [-0.4, -0.2) is 41.5 Å². The molecule has 2 aromatic carbocycles. The number of nitrogens with two attached hydrogens (primary N) is 1. The van der Waals surface area contributed by atoms with Gasteiger partial charge in [-0.3, -0.25) is 4.79 Å². The van der Waals surface area contributed by atoms with Crippen LogP contribution in [0.3, 0.4) is 0 Å². The predicted molar refractivity (Wildman–Crippen MR) is 138 cm³/mol. The number of hydrogen-bond acceptors (Lipinski definition) is 3. The molecule has 4 N–H and O–H groups in total. The highest BCUT2D eigenvalue weighted by Gasteiger charge is 2.31. The van der Waals surface area contributed by atoms with Crippen molar-refractivity contribution in [3.05, 3.63) is 93.7 Å². The number of H-pyrrole nitrogens is 1. The molecule has 1 aliphatic heterocycles. The second-order valence-electron chi connectivity index (χ2n) is 8.37. The summed E-state index contributed by atoms with van der Waals surface area (Å²) in [7, 11) is 0. The maximum atomic E-state index is 14.0.